The van der Waals surface area contributed by atoms with Crippen LogP contribution in [-0.2, 0) is 13.6 Å². The summed E-state index contributed by atoms with van der Waals surface area (Å²) in [6.45, 7) is 7.13. The van der Waals surface area contributed by atoms with Gasteiger partial charge in [0.1, 0.15) is 5.69 Å². The number of pyridine rings is 1. The number of aromatic nitrogens is 2. The van der Waals surface area contributed by atoms with Gasteiger partial charge < -0.3 is 20.9 Å². The fourth-order valence-electron chi connectivity index (χ4n) is 3.54. The van der Waals surface area contributed by atoms with Gasteiger partial charge in [0.2, 0.25) is 0 Å². The molecule has 0 spiro atoms. The van der Waals surface area contributed by atoms with Crippen molar-refractivity contribution in [3.8, 4) is 0 Å². The molecular formula is C23H31N5OS. The van der Waals surface area contributed by atoms with Gasteiger partial charge in [-0.2, -0.15) is 0 Å². The summed E-state index contributed by atoms with van der Waals surface area (Å²) in [7, 11) is 1.85. The quantitative estimate of drug-likeness (QED) is 0.381. The second-order valence-electron chi connectivity index (χ2n) is 7.89. The van der Waals surface area contributed by atoms with E-state index in [9.17, 15) is 4.79 Å². The molecule has 0 aliphatic carbocycles. The number of carbonyl (C=O) groups excluding carboxylic acids is 1. The lowest BCUT2D eigenvalue weighted by atomic mass is 10.0. The highest BCUT2D eigenvalue weighted by Gasteiger charge is 2.14. The summed E-state index contributed by atoms with van der Waals surface area (Å²) in [5.41, 5.74) is 9.87. The molecule has 160 valence electrons. The van der Waals surface area contributed by atoms with Gasteiger partial charge in [0.15, 0.2) is 0 Å². The van der Waals surface area contributed by atoms with E-state index in [1.165, 1.54) is 25.9 Å². The number of anilines is 1. The Morgan fingerprint density at radius 3 is 2.67 bits per heavy atom. The van der Waals surface area contributed by atoms with Crippen LogP contribution in [0.3, 0.4) is 0 Å². The van der Waals surface area contributed by atoms with Crippen molar-refractivity contribution in [3.63, 3.8) is 0 Å². The Hall–Kier alpha value is -2.51. The van der Waals surface area contributed by atoms with Crippen LogP contribution < -0.4 is 16.4 Å². The first-order chi connectivity index (χ1) is 14.4. The van der Waals surface area contributed by atoms with Gasteiger partial charge in [-0.15, -0.1) is 12.6 Å². The van der Waals surface area contributed by atoms with Gasteiger partial charge in [0.05, 0.1) is 11.2 Å². The van der Waals surface area contributed by atoms with Gasteiger partial charge in [0.25, 0.3) is 5.91 Å². The maximum Gasteiger partial charge on any atom is 0.268 e. The number of amides is 1. The molecule has 7 heteroatoms. The highest BCUT2D eigenvalue weighted by atomic mass is 32.1. The van der Waals surface area contributed by atoms with E-state index in [0.29, 0.717) is 17.9 Å². The zero-order valence-electron chi connectivity index (χ0n) is 17.9. The van der Waals surface area contributed by atoms with Crippen molar-refractivity contribution in [1.82, 2.24) is 20.2 Å². The first kappa shape index (κ1) is 22.2. The minimum Gasteiger partial charge on any atom is -0.397 e. The number of nitrogen functional groups attached to an aromatic ring is 1. The van der Waals surface area contributed by atoms with Crippen LogP contribution in [0.1, 0.15) is 41.5 Å². The molecule has 1 amide bonds. The third-order valence-electron chi connectivity index (χ3n) is 5.70. The number of nitrogens with two attached hydrogens (primary N) is 1. The first-order valence-corrected chi connectivity index (χ1v) is 10.8. The highest BCUT2D eigenvalue weighted by Crippen LogP contribution is 2.23. The van der Waals surface area contributed by atoms with E-state index < -0.39 is 0 Å². The van der Waals surface area contributed by atoms with Crippen molar-refractivity contribution in [2.24, 2.45) is 13.0 Å². The molecule has 6 nitrogen and oxygen atoms in total. The van der Waals surface area contributed by atoms with Gasteiger partial charge in [-0.05, 0) is 62.5 Å². The van der Waals surface area contributed by atoms with Gasteiger partial charge in [-0.1, -0.05) is 19.1 Å². The van der Waals surface area contributed by atoms with Crippen LogP contribution in [0.5, 0.6) is 0 Å². The number of fused-ring (bicyclic) bond motifs is 1. The van der Waals surface area contributed by atoms with E-state index in [1.807, 2.05) is 42.8 Å². The Balaban J connectivity index is 0.000000310. The molecule has 1 aliphatic heterocycles. The molecule has 30 heavy (non-hydrogen) atoms. The molecule has 1 fully saturated rings. The van der Waals surface area contributed by atoms with Crippen LogP contribution in [0.25, 0.3) is 10.9 Å². The molecule has 4 N–H and O–H groups in total. The average Bonchev–Trinajstić information content (AvgIpc) is 3.02. The lowest BCUT2D eigenvalue weighted by Crippen LogP contribution is -2.26. The second kappa shape index (κ2) is 10.00. The largest absolute Gasteiger partial charge is 0.397 e. The standard InChI is InChI=1S/C17H18N4OS.C6H13N/c1-10-15(23)8-14(21(10)2)17(22)20-9-11-5-6-13(18)16-12(11)4-3-7-19-16;1-6-2-4-7-5-3-6/h3-8,23H,9,18H2,1-2H3,(H,20,22);6-7H,2-5H2,1H3. The molecule has 2 aromatic heterocycles. The van der Waals surface area contributed by atoms with Crippen molar-refractivity contribution >= 4 is 35.1 Å². The topological polar surface area (TPSA) is 85.0 Å². The predicted octanol–water partition coefficient (Wildman–Crippen LogP) is 3.69. The number of nitrogens with zero attached hydrogens (tertiary/aromatic N) is 2. The molecule has 1 aliphatic rings. The number of hydrogen-bond donors (Lipinski definition) is 4. The number of nitrogens with one attached hydrogen (secondary N) is 2. The van der Waals surface area contributed by atoms with Crippen molar-refractivity contribution in [2.45, 2.75) is 38.1 Å². The van der Waals surface area contributed by atoms with Crippen LogP contribution in [0.4, 0.5) is 5.69 Å². The molecule has 0 saturated carbocycles. The summed E-state index contributed by atoms with van der Waals surface area (Å²) < 4.78 is 1.83. The van der Waals surface area contributed by atoms with Gasteiger partial charge in [-0.25, -0.2) is 0 Å². The van der Waals surface area contributed by atoms with Crippen LogP contribution in [0.15, 0.2) is 41.4 Å². The summed E-state index contributed by atoms with van der Waals surface area (Å²) in [6.07, 6.45) is 4.46. The second-order valence-corrected chi connectivity index (χ2v) is 8.37. The zero-order valence-corrected chi connectivity index (χ0v) is 18.8. The lowest BCUT2D eigenvalue weighted by molar-refractivity contribution is 0.0942. The van der Waals surface area contributed by atoms with Crippen molar-refractivity contribution in [1.29, 1.82) is 0 Å². The van der Waals surface area contributed by atoms with Crippen molar-refractivity contribution in [3.05, 3.63) is 53.5 Å². The highest BCUT2D eigenvalue weighted by molar-refractivity contribution is 7.80. The van der Waals surface area contributed by atoms with Crippen LogP contribution in [-0.4, -0.2) is 28.5 Å². The molecule has 1 aromatic carbocycles. The molecule has 0 atom stereocenters. The third kappa shape index (κ3) is 5.15. The Labute approximate surface area is 183 Å². The van der Waals surface area contributed by atoms with E-state index in [-0.39, 0.29) is 5.91 Å². The predicted molar refractivity (Wildman–Crippen MR) is 126 cm³/mol. The molecule has 0 bridgehead atoms. The monoisotopic (exact) mass is 425 g/mol. The fraction of sp³-hybridized carbons (Fsp3) is 0.391. The van der Waals surface area contributed by atoms with E-state index in [0.717, 1.165) is 33.0 Å². The van der Waals surface area contributed by atoms with E-state index >= 15 is 0 Å². The molecule has 4 rings (SSSR count). The zero-order chi connectivity index (χ0) is 21.7. The number of piperidine rings is 1. The van der Waals surface area contributed by atoms with Gasteiger partial charge >= 0.3 is 0 Å². The average molecular weight is 426 g/mol. The number of thiol groups is 1. The maximum atomic E-state index is 12.4. The number of carbonyl (C=O) groups is 1. The van der Waals surface area contributed by atoms with Crippen molar-refractivity contribution < 1.29 is 4.79 Å². The van der Waals surface area contributed by atoms with E-state index in [4.69, 9.17) is 5.73 Å². The summed E-state index contributed by atoms with van der Waals surface area (Å²) in [4.78, 5) is 17.5. The van der Waals surface area contributed by atoms with Gasteiger partial charge in [-0.3, -0.25) is 9.78 Å². The van der Waals surface area contributed by atoms with Crippen LogP contribution >= 0.6 is 12.6 Å². The van der Waals surface area contributed by atoms with Crippen molar-refractivity contribution in [2.75, 3.05) is 18.8 Å². The summed E-state index contributed by atoms with van der Waals surface area (Å²) in [5.74, 6) is 0.839. The summed E-state index contributed by atoms with van der Waals surface area (Å²) in [6, 6.07) is 9.32. The molecule has 3 heterocycles. The third-order valence-corrected chi connectivity index (χ3v) is 6.15. The smallest absolute Gasteiger partial charge is 0.268 e. The Morgan fingerprint density at radius 1 is 1.33 bits per heavy atom. The summed E-state index contributed by atoms with van der Waals surface area (Å²) >= 11 is 4.36. The fourth-order valence-corrected chi connectivity index (χ4v) is 3.81. The van der Waals surface area contributed by atoms with Crippen LogP contribution in [0.2, 0.25) is 0 Å². The molecular weight excluding hydrogens is 394 g/mol. The normalized spacial score (nSPS) is 14.3. The maximum absolute atomic E-state index is 12.4. The number of benzene rings is 1. The SMILES string of the molecule is CC1CCNCC1.Cc1c(S)cc(C(=O)NCc2ccc(N)c3ncccc23)n1C. The van der Waals surface area contributed by atoms with E-state index in [1.54, 1.807) is 12.3 Å². The van der Waals surface area contributed by atoms with E-state index in [2.05, 4.69) is 35.2 Å². The minimum atomic E-state index is -0.134. The molecule has 0 unspecified atom stereocenters. The number of hydrogen-bond acceptors (Lipinski definition) is 5. The Morgan fingerprint density at radius 2 is 2.07 bits per heavy atom. The number of rotatable bonds is 3. The molecule has 0 radical (unpaired) electrons. The molecule has 3 aromatic rings. The summed E-state index contributed by atoms with van der Waals surface area (Å²) in [5, 5.41) is 7.21. The lowest BCUT2D eigenvalue weighted by Gasteiger charge is -2.17. The Bertz CT molecular complexity index is 1020. The molecule has 1 saturated heterocycles. The van der Waals surface area contributed by atoms with Gasteiger partial charge in [0, 0.05) is 35.8 Å². The Kier molecular flexibility index (Phi) is 7.39. The van der Waals surface area contributed by atoms with Crippen LogP contribution in [0, 0.1) is 12.8 Å². The minimum absolute atomic E-state index is 0.134. The first-order valence-electron chi connectivity index (χ1n) is 10.3.